The number of hydrogen-bond acceptors (Lipinski definition) is 6. The van der Waals surface area contributed by atoms with E-state index in [2.05, 4.69) is 25.6 Å². The molecule has 1 saturated carbocycles. The largest absolute Gasteiger partial charge is 0.465 e. The van der Waals surface area contributed by atoms with E-state index in [0.717, 1.165) is 12.8 Å². The Morgan fingerprint density at radius 1 is 1.12 bits per heavy atom. The van der Waals surface area contributed by atoms with Crippen molar-refractivity contribution in [3.05, 3.63) is 47.7 Å². The van der Waals surface area contributed by atoms with Crippen LogP contribution in [0.25, 0.3) is 0 Å². The number of hydrogen-bond donors (Lipinski definition) is 2. The average Bonchev–Trinajstić information content (AvgIpc) is 3.15. The van der Waals surface area contributed by atoms with Crippen LogP contribution in [-0.4, -0.2) is 35.2 Å². The van der Waals surface area contributed by atoms with Crippen molar-refractivity contribution in [2.75, 3.05) is 17.7 Å². The molecule has 0 unspecified atom stereocenters. The number of carbonyl (C=O) groups is 2. The smallest absolute Gasteiger partial charge is 0.337 e. The quantitative estimate of drug-likeness (QED) is 0.813. The van der Waals surface area contributed by atoms with Crippen molar-refractivity contribution in [2.24, 2.45) is 0 Å². The van der Waals surface area contributed by atoms with Crippen LogP contribution in [0.4, 0.5) is 11.5 Å². The van der Waals surface area contributed by atoms with Gasteiger partial charge in [0.25, 0.3) is 5.91 Å². The zero-order valence-corrected chi connectivity index (χ0v) is 14.0. The molecule has 0 spiro atoms. The van der Waals surface area contributed by atoms with E-state index in [9.17, 15) is 9.59 Å². The van der Waals surface area contributed by atoms with E-state index >= 15 is 0 Å². The number of amides is 1. The third kappa shape index (κ3) is 4.32. The zero-order valence-electron chi connectivity index (χ0n) is 14.0. The molecule has 3 rings (SSSR count). The Kier molecular flexibility index (Phi) is 5.23. The summed E-state index contributed by atoms with van der Waals surface area (Å²) in [6.45, 7) is 0. The van der Waals surface area contributed by atoms with Gasteiger partial charge < -0.3 is 15.4 Å². The maximum atomic E-state index is 12.3. The van der Waals surface area contributed by atoms with E-state index < -0.39 is 5.97 Å². The van der Waals surface area contributed by atoms with Gasteiger partial charge >= 0.3 is 5.97 Å². The lowest BCUT2D eigenvalue weighted by Gasteiger charge is -2.12. The Morgan fingerprint density at radius 2 is 1.92 bits per heavy atom. The van der Waals surface area contributed by atoms with Crippen LogP contribution in [0.1, 0.15) is 46.5 Å². The maximum absolute atomic E-state index is 12.3. The highest BCUT2D eigenvalue weighted by molar-refractivity contribution is 6.03. The molecule has 25 heavy (non-hydrogen) atoms. The molecule has 0 bridgehead atoms. The normalized spacial score (nSPS) is 14.1. The number of aromatic nitrogens is 2. The molecule has 2 aromatic rings. The fourth-order valence-electron chi connectivity index (χ4n) is 2.85. The first-order chi connectivity index (χ1) is 12.2. The molecule has 2 N–H and O–H groups in total. The number of esters is 1. The van der Waals surface area contributed by atoms with E-state index in [-0.39, 0.29) is 11.6 Å². The Morgan fingerprint density at radius 3 is 2.60 bits per heavy atom. The van der Waals surface area contributed by atoms with Crippen LogP contribution in [0.15, 0.2) is 36.4 Å². The number of carbonyl (C=O) groups excluding carboxylic acids is 2. The van der Waals surface area contributed by atoms with Crippen molar-refractivity contribution in [2.45, 2.75) is 31.7 Å². The maximum Gasteiger partial charge on any atom is 0.337 e. The number of methoxy groups -OCH3 is 1. The minimum absolute atomic E-state index is 0.209. The van der Waals surface area contributed by atoms with Crippen molar-refractivity contribution < 1.29 is 14.3 Å². The summed E-state index contributed by atoms with van der Waals surface area (Å²) in [6.07, 6.45) is 4.74. The number of rotatable bonds is 5. The lowest BCUT2D eigenvalue weighted by molar-refractivity contribution is 0.0600. The lowest BCUT2D eigenvalue weighted by atomic mass is 10.2. The van der Waals surface area contributed by atoms with Gasteiger partial charge in [-0.1, -0.05) is 18.9 Å². The van der Waals surface area contributed by atoms with Crippen LogP contribution >= 0.6 is 0 Å². The molecule has 1 aliphatic carbocycles. The number of nitrogens with zero attached hydrogens (tertiary/aromatic N) is 2. The van der Waals surface area contributed by atoms with Gasteiger partial charge in [0.15, 0.2) is 5.69 Å². The van der Waals surface area contributed by atoms with E-state index in [0.29, 0.717) is 23.1 Å². The minimum atomic E-state index is -0.460. The number of benzene rings is 1. The summed E-state index contributed by atoms with van der Waals surface area (Å²) >= 11 is 0. The van der Waals surface area contributed by atoms with Crippen LogP contribution < -0.4 is 10.6 Å². The molecule has 1 heterocycles. The molecule has 0 aliphatic heterocycles. The van der Waals surface area contributed by atoms with E-state index in [1.54, 1.807) is 36.4 Å². The van der Waals surface area contributed by atoms with Gasteiger partial charge in [-0.05, 0) is 43.2 Å². The highest BCUT2D eigenvalue weighted by Gasteiger charge is 2.16. The van der Waals surface area contributed by atoms with Gasteiger partial charge in [-0.15, -0.1) is 10.2 Å². The Labute approximate surface area is 145 Å². The first kappa shape index (κ1) is 16.9. The zero-order chi connectivity index (χ0) is 17.6. The molecule has 0 saturated heterocycles. The van der Waals surface area contributed by atoms with E-state index in [1.807, 2.05) is 0 Å². The predicted octanol–water partition coefficient (Wildman–Crippen LogP) is 2.87. The molecule has 1 aromatic heterocycles. The summed E-state index contributed by atoms with van der Waals surface area (Å²) in [5, 5.41) is 14.1. The van der Waals surface area contributed by atoms with Gasteiger partial charge in [-0.3, -0.25) is 4.79 Å². The molecule has 0 radical (unpaired) electrons. The number of anilines is 2. The van der Waals surface area contributed by atoms with Crippen molar-refractivity contribution in [1.82, 2.24) is 10.2 Å². The second-order valence-electron chi connectivity index (χ2n) is 5.96. The standard InChI is InChI=1S/C18H20N4O3/c1-25-18(24)12-5-4-8-14(11-12)20-17(23)15-9-10-16(22-21-15)19-13-6-2-3-7-13/h4-5,8-11,13H,2-3,6-7H2,1H3,(H,19,22)(H,20,23). The summed E-state index contributed by atoms with van der Waals surface area (Å²) in [5.74, 6) is -0.170. The monoisotopic (exact) mass is 340 g/mol. The fourth-order valence-corrected chi connectivity index (χ4v) is 2.85. The minimum Gasteiger partial charge on any atom is -0.465 e. The number of ether oxygens (including phenoxy) is 1. The first-order valence-electron chi connectivity index (χ1n) is 8.26. The van der Waals surface area contributed by atoms with Crippen LogP contribution in [0.5, 0.6) is 0 Å². The van der Waals surface area contributed by atoms with Gasteiger partial charge in [0, 0.05) is 11.7 Å². The third-order valence-corrected chi connectivity index (χ3v) is 4.15. The molecular weight excluding hydrogens is 320 g/mol. The molecule has 7 nitrogen and oxygen atoms in total. The summed E-state index contributed by atoms with van der Waals surface area (Å²) in [6, 6.07) is 10.3. The Bertz CT molecular complexity index is 755. The molecule has 1 aliphatic rings. The van der Waals surface area contributed by atoms with Gasteiger partial charge in [-0.25, -0.2) is 4.79 Å². The second-order valence-corrected chi connectivity index (χ2v) is 5.96. The van der Waals surface area contributed by atoms with Crippen molar-refractivity contribution in [3.8, 4) is 0 Å². The molecule has 7 heteroatoms. The van der Waals surface area contributed by atoms with Gasteiger partial charge in [-0.2, -0.15) is 0 Å². The Hall–Kier alpha value is -2.96. The topological polar surface area (TPSA) is 93.2 Å². The summed E-state index contributed by atoms with van der Waals surface area (Å²) in [4.78, 5) is 23.8. The van der Waals surface area contributed by atoms with Crippen molar-refractivity contribution >= 4 is 23.4 Å². The van der Waals surface area contributed by atoms with Gasteiger partial charge in [0.1, 0.15) is 5.82 Å². The SMILES string of the molecule is COC(=O)c1cccc(NC(=O)c2ccc(NC3CCCC3)nn2)c1. The molecule has 1 aromatic carbocycles. The van der Waals surface area contributed by atoms with E-state index in [4.69, 9.17) is 0 Å². The fraction of sp³-hybridized carbons (Fsp3) is 0.333. The first-order valence-corrected chi connectivity index (χ1v) is 8.26. The Balaban J connectivity index is 1.63. The van der Waals surface area contributed by atoms with Gasteiger partial charge in [0.05, 0.1) is 12.7 Å². The molecular formula is C18H20N4O3. The van der Waals surface area contributed by atoms with Crippen molar-refractivity contribution in [1.29, 1.82) is 0 Å². The summed E-state index contributed by atoms with van der Waals surface area (Å²) in [7, 11) is 1.31. The second kappa shape index (κ2) is 7.74. The highest BCUT2D eigenvalue weighted by Crippen LogP contribution is 2.21. The van der Waals surface area contributed by atoms with Crippen LogP contribution in [0.3, 0.4) is 0 Å². The molecule has 1 amide bonds. The van der Waals surface area contributed by atoms with Crippen molar-refractivity contribution in [3.63, 3.8) is 0 Å². The van der Waals surface area contributed by atoms with Crippen LogP contribution in [-0.2, 0) is 4.74 Å². The molecule has 130 valence electrons. The predicted molar refractivity (Wildman–Crippen MR) is 93.6 cm³/mol. The molecule has 1 fully saturated rings. The third-order valence-electron chi connectivity index (χ3n) is 4.15. The number of nitrogens with one attached hydrogen (secondary N) is 2. The summed E-state index contributed by atoms with van der Waals surface area (Å²) < 4.78 is 4.67. The highest BCUT2D eigenvalue weighted by atomic mass is 16.5. The van der Waals surface area contributed by atoms with E-state index in [1.165, 1.54) is 20.0 Å². The van der Waals surface area contributed by atoms with Crippen LogP contribution in [0, 0.1) is 0 Å². The summed E-state index contributed by atoms with van der Waals surface area (Å²) in [5.41, 5.74) is 1.06. The lowest BCUT2D eigenvalue weighted by Crippen LogP contribution is -2.18. The molecule has 0 atom stereocenters. The van der Waals surface area contributed by atoms with Crippen LogP contribution in [0.2, 0.25) is 0 Å². The average molecular weight is 340 g/mol. The van der Waals surface area contributed by atoms with Gasteiger partial charge in [0.2, 0.25) is 0 Å².